The Labute approximate surface area is 255 Å². The molecule has 0 saturated carbocycles. The third-order valence-electron chi connectivity index (χ3n) is 6.45. The van der Waals surface area contributed by atoms with Crippen molar-refractivity contribution in [1.82, 2.24) is 20.1 Å². The van der Waals surface area contributed by atoms with E-state index in [1.807, 2.05) is 22.8 Å². The summed E-state index contributed by atoms with van der Waals surface area (Å²) in [5, 5.41) is 16.8. The Balaban J connectivity index is 1.46. The number of benzene rings is 3. The Morgan fingerprint density at radius 2 is 1.80 bits per heavy atom. The number of nitrogens with zero attached hydrogens (tertiary/aromatic N) is 3. The summed E-state index contributed by atoms with van der Waals surface area (Å²) in [7, 11) is 1.27. The maximum absolute atomic E-state index is 12.8. The van der Waals surface area contributed by atoms with Gasteiger partial charge in [0.25, 0.3) is 5.91 Å². The lowest BCUT2D eigenvalue weighted by Gasteiger charge is -2.20. The zero-order valence-electron chi connectivity index (χ0n) is 22.9. The van der Waals surface area contributed by atoms with Crippen LogP contribution in [0, 0.1) is 5.92 Å². The number of rotatable bonds is 10. The van der Waals surface area contributed by atoms with Gasteiger partial charge in [-0.2, -0.15) is 0 Å². The van der Waals surface area contributed by atoms with Gasteiger partial charge >= 0.3 is 5.97 Å². The summed E-state index contributed by atoms with van der Waals surface area (Å²) in [4.78, 5) is 37.5. The molecule has 3 aromatic carbocycles. The molecule has 4 rings (SSSR count). The van der Waals surface area contributed by atoms with Gasteiger partial charge in [0.1, 0.15) is 6.04 Å². The first kappa shape index (κ1) is 30.5. The highest BCUT2D eigenvalue weighted by atomic mass is 79.9. The van der Waals surface area contributed by atoms with Gasteiger partial charge in [-0.15, -0.1) is 10.2 Å². The van der Waals surface area contributed by atoms with Crippen LogP contribution < -0.4 is 10.6 Å². The van der Waals surface area contributed by atoms with Crippen LogP contribution in [0.3, 0.4) is 0 Å². The molecule has 9 nitrogen and oxygen atoms in total. The first-order valence-electron chi connectivity index (χ1n) is 12.9. The molecule has 12 heteroatoms. The number of methoxy groups -OCH3 is 1. The van der Waals surface area contributed by atoms with E-state index in [9.17, 15) is 14.4 Å². The lowest BCUT2D eigenvalue weighted by molar-refractivity contribution is -0.144. The first-order chi connectivity index (χ1) is 19.6. The highest BCUT2D eigenvalue weighted by Gasteiger charge is 2.26. The van der Waals surface area contributed by atoms with Gasteiger partial charge in [0, 0.05) is 10.9 Å². The number of carbonyl (C=O) groups is 3. The van der Waals surface area contributed by atoms with E-state index in [0.29, 0.717) is 15.6 Å². The van der Waals surface area contributed by atoms with E-state index in [4.69, 9.17) is 16.3 Å². The van der Waals surface area contributed by atoms with Crippen LogP contribution in [-0.2, 0) is 20.7 Å². The standard InChI is InChI=1S/C29H29BrClN5O4S/c1-5-17-11-13-23(20-9-7-6-8-19(17)20)36-28(30)34-35-29(36)41-15-24(37)32-22-12-10-18(14-21(22)31)26(38)33-25(16(2)3)27(39)40-4/h6-14,16,25H,5,15H2,1-4H3,(H,32,37)(H,33,38)/t25-/m0/s1. The van der Waals surface area contributed by atoms with E-state index in [2.05, 4.69) is 61.9 Å². The number of anilines is 1. The molecule has 0 saturated heterocycles. The number of fused-ring (bicyclic) bond motifs is 1. The second-order valence-corrected chi connectivity index (χ2v) is 11.5. The van der Waals surface area contributed by atoms with Crippen LogP contribution in [-0.4, -0.2) is 51.5 Å². The fourth-order valence-electron chi connectivity index (χ4n) is 4.32. The molecule has 4 aromatic rings. The van der Waals surface area contributed by atoms with Gasteiger partial charge in [-0.3, -0.25) is 14.2 Å². The summed E-state index contributed by atoms with van der Waals surface area (Å²) in [6.07, 6.45) is 0.909. The lowest BCUT2D eigenvalue weighted by Crippen LogP contribution is -2.45. The van der Waals surface area contributed by atoms with Gasteiger partial charge in [0.05, 0.1) is 29.3 Å². The Morgan fingerprint density at radius 3 is 2.46 bits per heavy atom. The van der Waals surface area contributed by atoms with Gasteiger partial charge in [-0.05, 0) is 63.5 Å². The highest BCUT2D eigenvalue weighted by Crippen LogP contribution is 2.32. The third-order valence-corrected chi connectivity index (χ3v) is 8.21. The minimum Gasteiger partial charge on any atom is -0.467 e. The Kier molecular flexibility index (Phi) is 10.1. The quantitative estimate of drug-likeness (QED) is 0.157. The number of thioether (sulfide) groups is 1. The van der Waals surface area contributed by atoms with E-state index < -0.39 is 17.9 Å². The van der Waals surface area contributed by atoms with Crippen molar-refractivity contribution in [2.45, 2.75) is 38.4 Å². The number of esters is 1. The number of carbonyl (C=O) groups excluding carboxylic acids is 3. The van der Waals surface area contributed by atoms with E-state index >= 15 is 0 Å². The predicted octanol–water partition coefficient (Wildman–Crippen LogP) is 6.06. The second kappa shape index (κ2) is 13.5. The minimum atomic E-state index is -0.799. The molecule has 0 aliphatic heterocycles. The molecule has 214 valence electrons. The van der Waals surface area contributed by atoms with E-state index in [1.54, 1.807) is 19.9 Å². The molecule has 2 N–H and O–H groups in total. The van der Waals surface area contributed by atoms with Crippen LogP contribution in [0.2, 0.25) is 5.02 Å². The maximum atomic E-state index is 12.8. The molecule has 2 amide bonds. The third kappa shape index (κ3) is 6.91. The largest absolute Gasteiger partial charge is 0.467 e. The SMILES string of the molecule is CCc1ccc(-n2c(Br)nnc2SCC(=O)Nc2ccc(C(=O)N[C@H](C(=O)OC)C(C)C)cc2Cl)c2ccccc12. The van der Waals surface area contributed by atoms with E-state index in [0.717, 1.165) is 22.9 Å². The van der Waals surface area contributed by atoms with E-state index in [-0.39, 0.29) is 28.2 Å². The summed E-state index contributed by atoms with van der Waals surface area (Å²) in [5.41, 5.74) is 2.74. The molecule has 0 unspecified atom stereocenters. The summed E-state index contributed by atoms with van der Waals surface area (Å²) in [6.45, 7) is 5.73. The molecule has 1 atom stereocenters. The van der Waals surface area contributed by atoms with Crippen molar-refractivity contribution >= 4 is 73.5 Å². The van der Waals surface area contributed by atoms with Gasteiger partial charge < -0.3 is 15.4 Å². The topological polar surface area (TPSA) is 115 Å². The molecule has 0 bridgehead atoms. The minimum absolute atomic E-state index is 0.0455. The summed E-state index contributed by atoms with van der Waals surface area (Å²) in [6, 6.07) is 16.0. The molecule has 0 spiro atoms. The fraction of sp³-hybridized carbons (Fsp3) is 0.276. The number of hydrogen-bond acceptors (Lipinski definition) is 7. The van der Waals surface area contributed by atoms with E-state index in [1.165, 1.54) is 36.6 Å². The Bertz CT molecular complexity index is 1610. The average Bonchev–Trinajstić information content (AvgIpc) is 3.34. The zero-order valence-corrected chi connectivity index (χ0v) is 26.1. The van der Waals surface area contributed by atoms with Gasteiger partial charge in [-0.25, -0.2) is 4.79 Å². The van der Waals surface area contributed by atoms with Crippen molar-refractivity contribution in [3.05, 3.63) is 75.5 Å². The molecule has 0 aliphatic rings. The average molecular weight is 659 g/mol. The number of aromatic nitrogens is 3. The van der Waals surface area contributed by atoms with Crippen LogP contribution in [0.15, 0.2) is 64.5 Å². The molecular weight excluding hydrogens is 630 g/mol. The predicted molar refractivity (Wildman–Crippen MR) is 165 cm³/mol. The molecule has 0 radical (unpaired) electrons. The number of nitrogens with one attached hydrogen (secondary N) is 2. The number of amides is 2. The van der Waals surface area contributed by atoms with Crippen LogP contribution in [0.4, 0.5) is 5.69 Å². The van der Waals surface area contributed by atoms with Crippen molar-refractivity contribution in [2.24, 2.45) is 5.92 Å². The number of hydrogen-bond donors (Lipinski definition) is 2. The monoisotopic (exact) mass is 657 g/mol. The smallest absolute Gasteiger partial charge is 0.328 e. The van der Waals surface area contributed by atoms with Gasteiger partial charge in [0.15, 0.2) is 5.16 Å². The van der Waals surface area contributed by atoms with Crippen LogP contribution in [0.1, 0.15) is 36.7 Å². The van der Waals surface area contributed by atoms with Crippen LogP contribution in [0.25, 0.3) is 16.5 Å². The Hall–Kier alpha value is -3.41. The molecule has 41 heavy (non-hydrogen) atoms. The fourth-order valence-corrected chi connectivity index (χ4v) is 5.85. The summed E-state index contributed by atoms with van der Waals surface area (Å²) < 4.78 is 7.17. The molecule has 1 heterocycles. The summed E-state index contributed by atoms with van der Waals surface area (Å²) >= 11 is 11.1. The van der Waals surface area contributed by atoms with Crippen LogP contribution >= 0.6 is 39.3 Å². The number of halogens is 2. The van der Waals surface area contributed by atoms with Gasteiger partial charge in [0.2, 0.25) is 10.6 Å². The lowest BCUT2D eigenvalue weighted by atomic mass is 10.0. The van der Waals surface area contributed by atoms with Crippen molar-refractivity contribution < 1.29 is 19.1 Å². The summed E-state index contributed by atoms with van der Waals surface area (Å²) in [5.74, 6) is -1.44. The second-order valence-electron chi connectivity index (χ2n) is 9.48. The molecule has 0 aliphatic carbocycles. The highest BCUT2D eigenvalue weighted by molar-refractivity contribution is 9.10. The molecule has 0 fully saturated rings. The van der Waals surface area contributed by atoms with Crippen molar-refractivity contribution in [1.29, 1.82) is 0 Å². The maximum Gasteiger partial charge on any atom is 0.328 e. The molecular formula is C29H29BrClN5O4S. The number of ether oxygens (including phenoxy) is 1. The molecule has 1 aromatic heterocycles. The van der Waals surface area contributed by atoms with Gasteiger partial charge in [-0.1, -0.05) is 74.5 Å². The number of aryl methyl sites for hydroxylation is 1. The van der Waals surface area contributed by atoms with Crippen molar-refractivity contribution in [2.75, 3.05) is 18.2 Å². The van der Waals surface area contributed by atoms with Crippen molar-refractivity contribution in [3.8, 4) is 5.69 Å². The normalized spacial score (nSPS) is 11.9. The van der Waals surface area contributed by atoms with Crippen LogP contribution in [0.5, 0.6) is 0 Å². The first-order valence-corrected chi connectivity index (χ1v) is 15.0. The van der Waals surface area contributed by atoms with Crippen molar-refractivity contribution in [3.63, 3.8) is 0 Å². The zero-order chi connectivity index (χ0) is 29.7. The Morgan fingerprint density at radius 1 is 1.07 bits per heavy atom.